The second kappa shape index (κ2) is 37.9. The molecule has 0 aliphatic heterocycles. The van der Waals surface area contributed by atoms with Crippen LogP contribution in [0.5, 0.6) is 0 Å². The van der Waals surface area contributed by atoms with Crippen LogP contribution in [0.15, 0.2) is 0 Å². The molecule has 19 heavy (non-hydrogen) atoms. The molecule has 0 saturated heterocycles. The Morgan fingerprint density at radius 1 is 0.474 bits per heavy atom. The standard InChI is InChI=1S/Co.2H2O4Se.6H2O.2Rb/c;2*1-5(2,3)4;;;;;;;;/h;2*(H2,1,2,3,4);6*1H2;;/q+2;;;;;;;;;2*+1/p+2. The van der Waals surface area contributed by atoms with Crippen LogP contribution >= 0.6 is 0 Å². The van der Waals surface area contributed by atoms with Gasteiger partial charge < -0.3 is 32.9 Å². The number of hydrogen-bond acceptors (Lipinski definition) is 8. The molecule has 0 spiro atoms. The van der Waals surface area contributed by atoms with Crippen molar-refractivity contribution in [1.29, 1.82) is 0 Å². The monoisotopic (exact) mass is 631 g/mol. The van der Waals surface area contributed by atoms with Gasteiger partial charge in [-0.2, -0.15) is 0 Å². The molecule has 0 rings (SSSR count). The van der Waals surface area contributed by atoms with E-state index >= 15 is 0 Å². The van der Waals surface area contributed by atoms with E-state index in [0.717, 1.165) is 0 Å². The zero-order valence-electron chi connectivity index (χ0n) is 9.88. The maximum absolute atomic E-state index is 8.59. The summed E-state index contributed by atoms with van der Waals surface area (Å²) in [6.07, 6.45) is 0. The van der Waals surface area contributed by atoms with Crippen molar-refractivity contribution in [1.82, 2.24) is 0 Å². The second-order valence-electron chi connectivity index (χ2n) is 0.816. The van der Waals surface area contributed by atoms with Crippen molar-refractivity contribution < 1.29 is 198 Å². The minimum Gasteiger partial charge on any atom is -0.457 e. The van der Waals surface area contributed by atoms with Crippen molar-refractivity contribution in [3.05, 3.63) is 0 Å². The molecule has 19 heteroatoms. The van der Waals surface area contributed by atoms with E-state index in [1.165, 1.54) is 0 Å². The largest absolute Gasteiger partial charge is 2.00 e. The fourth-order valence-corrected chi connectivity index (χ4v) is 0. The molecule has 0 aromatic carbocycles. The van der Waals surface area contributed by atoms with E-state index in [-0.39, 0.29) is 166 Å². The van der Waals surface area contributed by atoms with E-state index in [9.17, 15) is 0 Å². The molecular formula is H18CoO14Rb2Se2+6. The maximum atomic E-state index is 8.59. The fraction of sp³-hybridized carbons (Fsp3) is 0. The van der Waals surface area contributed by atoms with Gasteiger partial charge in [0, 0.05) is 0 Å². The third-order valence-corrected chi connectivity index (χ3v) is 0. The van der Waals surface area contributed by atoms with Crippen LogP contribution in [0.4, 0.5) is 0 Å². The molecule has 119 valence electrons. The fourth-order valence-electron chi connectivity index (χ4n) is 0. The molecule has 0 amide bonds. The summed E-state index contributed by atoms with van der Waals surface area (Å²) >= 11 is -11.5. The minimum absolute atomic E-state index is 0. The van der Waals surface area contributed by atoms with Crippen molar-refractivity contribution in [2.45, 2.75) is 0 Å². The number of hydrogen-bond donors (Lipinski definition) is 0. The molecule has 0 aliphatic carbocycles. The quantitative estimate of drug-likeness (QED) is 0.182. The topological polar surface area (TPSA) is 359 Å². The van der Waals surface area contributed by atoms with E-state index in [4.69, 9.17) is 32.1 Å². The van der Waals surface area contributed by atoms with Crippen molar-refractivity contribution in [2.75, 3.05) is 0 Å². The van der Waals surface area contributed by atoms with Crippen LogP contribution in [0.1, 0.15) is 0 Å². The van der Waals surface area contributed by atoms with Crippen LogP contribution in [-0.4, -0.2) is 26.7 Å². The van der Waals surface area contributed by atoms with Crippen LogP contribution in [0, 0.1) is 0 Å². The minimum atomic E-state index is -5.75. The van der Waals surface area contributed by atoms with E-state index in [1.807, 2.05) is 0 Å². The summed E-state index contributed by atoms with van der Waals surface area (Å²) in [6, 6.07) is 0. The first-order chi connectivity index (χ1) is 4.00. The van der Waals surface area contributed by atoms with Gasteiger partial charge in [-0.15, -0.1) is 0 Å². The Balaban J connectivity index is -0.00000000508. The van der Waals surface area contributed by atoms with Crippen molar-refractivity contribution in [3.63, 3.8) is 0 Å². The van der Waals surface area contributed by atoms with Gasteiger partial charge in [-0.3, -0.25) is 0 Å². The van der Waals surface area contributed by atoms with E-state index in [0.29, 0.717) is 0 Å². The summed E-state index contributed by atoms with van der Waals surface area (Å²) in [6.45, 7) is 0. The van der Waals surface area contributed by atoms with Gasteiger partial charge in [-0.1, -0.05) is 0 Å². The van der Waals surface area contributed by atoms with Gasteiger partial charge in [0.25, 0.3) is 0 Å². The molecule has 0 aromatic rings. The maximum Gasteiger partial charge on any atom is 2.00 e. The van der Waals surface area contributed by atoms with Gasteiger partial charge in [-0.05, 0) is 0 Å². The first kappa shape index (κ1) is 77.4. The Bertz CT molecular complexity index is 220. The Hall–Kier alpha value is 3.96. The van der Waals surface area contributed by atoms with Crippen molar-refractivity contribution >= 4 is 26.7 Å². The molecule has 0 heterocycles. The zero-order valence-corrected chi connectivity index (χ0v) is 24.2. The smallest absolute Gasteiger partial charge is 0.457 e. The first-order valence-electron chi connectivity index (χ1n) is 1.33. The normalized spacial score (nSPS) is 6.11. The summed E-state index contributed by atoms with van der Waals surface area (Å²) in [5.74, 6) is 0. The van der Waals surface area contributed by atoms with Gasteiger partial charge in [0.15, 0.2) is 0 Å². The molecule has 0 saturated carbocycles. The van der Waals surface area contributed by atoms with Crippen LogP contribution in [0.3, 0.4) is 0 Å². The molecule has 18 N–H and O–H groups in total. The Kier molecular flexibility index (Phi) is 154. The molecule has 0 fully saturated rings. The van der Waals surface area contributed by atoms with Crippen LogP contribution < -0.4 is 133 Å². The first-order valence-corrected chi connectivity index (χ1v) is 6.93. The summed E-state index contributed by atoms with van der Waals surface area (Å²) in [5.41, 5.74) is 0. The predicted molar refractivity (Wildman–Crippen MR) is 43.5 cm³/mol. The molecule has 0 aliphatic rings. The summed E-state index contributed by atoms with van der Waals surface area (Å²) in [4.78, 5) is 0. The summed E-state index contributed by atoms with van der Waals surface area (Å²) in [5, 5.41) is 0. The summed E-state index contributed by atoms with van der Waals surface area (Å²) in [7, 11) is 0. The van der Waals surface area contributed by atoms with E-state index in [1.54, 1.807) is 0 Å². The van der Waals surface area contributed by atoms with Gasteiger partial charge in [0.05, 0.1) is 0 Å². The van der Waals surface area contributed by atoms with Gasteiger partial charge in [0.2, 0.25) is 0 Å². The molecule has 0 bridgehead atoms. The van der Waals surface area contributed by atoms with Gasteiger partial charge in [0.1, 0.15) is 0 Å². The molecule has 0 atom stereocenters. The average Bonchev–Trinajstić information content (AvgIpc) is 1.12. The molecule has 0 aromatic heterocycles. The molecule has 14 nitrogen and oxygen atoms in total. The molecule has 1 radical (unpaired) electrons. The molecular weight excluding hydrogens is 612 g/mol. The van der Waals surface area contributed by atoms with Gasteiger partial charge in [-0.25, -0.2) is 0 Å². The van der Waals surface area contributed by atoms with Gasteiger partial charge >= 0.3 is 192 Å². The van der Waals surface area contributed by atoms with Crippen LogP contribution in [0.25, 0.3) is 0 Å². The van der Waals surface area contributed by atoms with Crippen LogP contribution in [-0.2, 0) is 65.0 Å². The predicted octanol–water partition coefficient (Wildman–Crippen LogP) is -17.5. The third kappa shape index (κ3) is 559. The molecule has 0 unspecified atom stereocenters. The zero-order chi connectivity index (χ0) is 9.00. The van der Waals surface area contributed by atoms with Crippen molar-refractivity contribution in [2.24, 2.45) is 0 Å². The third-order valence-electron chi connectivity index (χ3n) is 0. The Morgan fingerprint density at radius 2 is 0.474 bits per heavy atom. The Morgan fingerprint density at radius 3 is 0.474 bits per heavy atom. The van der Waals surface area contributed by atoms with E-state index < -0.39 is 26.7 Å². The van der Waals surface area contributed by atoms with Crippen LogP contribution in [0.2, 0.25) is 0 Å². The summed E-state index contributed by atoms with van der Waals surface area (Å²) < 4.78 is 68.8. The average molecular weight is 630 g/mol. The van der Waals surface area contributed by atoms with E-state index in [2.05, 4.69) is 0 Å². The van der Waals surface area contributed by atoms with Crippen molar-refractivity contribution in [3.8, 4) is 0 Å². The SMILES string of the molecule is O=[Se](=O)([O-])[O-].O=[Se](=O)([O-])[O-].[Co+2].[OH3+].[OH3+].[OH3+].[OH3+].[OH3+].[OH3+].[Rb+].[Rb+]. The number of rotatable bonds is 0. The Labute approximate surface area is 219 Å². The second-order valence-corrected chi connectivity index (χ2v) is 4.24.